The Hall–Kier alpha value is -0.690. The van der Waals surface area contributed by atoms with E-state index < -0.39 is 24.4 Å². The molecule has 1 saturated heterocycles. The van der Waals surface area contributed by atoms with Crippen molar-refractivity contribution in [3.63, 3.8) is 0 Å². The number of hydrogen-bond donors (Lipinski definition) is 4. The maximum Gasteiger partial charge on any atom is 0.217 e. The summed E-state index contributed by atoms with van der Waals surface area (Å²) < 4.78 is 5.17. The molecule has 1 aliphatic heterocycles. The fraction of sp³-hybridized carbons (Fsp3) is 0.875. The van der Waals surface area contributed by atoms with E-state index in [1.165, 1.54) is 6.92 Å². The van der Waals surface area contributed by atoms with Gasteiger partial charge < -0.3 is 26.0 Å². The Bertz CT molecular complexity index is 212. The van der Waals surface area contributed by atoms with Crippen molar-refractivity contribution in [2.75, 3.05) is 13.2 Å². The summed E-state index contributed by atoms with van der Waals surface area (Å²) in [7, 11) is 0. The lowest BCUT2D eigenvalue weighted by molar-refractivity contribution is -0.151. The lowest BCUT2D eigenvalue weighted by atomic mass is 9.98. The molecule has 1 aliphatic rings. The molecule has 0 bridgehead atoms. The van der Waals surface area contributed by atoms with Gasteiger partial charge in [0.15, 0.2) is 0 Å². The lowest BCUT2D eigenvalue weighted by Crippen LogP contribution is -2.60. The summed E-state index contributed by atoms with van der Waals surface area (Å²) >= 11 is 0. The van der Waals surface area contributed by atoms with E-state index in [0.717, 1.165) is 0 Å². The van der Waals surface area contributed by atoms with Gasteiger partial charge in [0.1, 0.15) is 12.2 Å². The van der Waals surface area contributed by atoms with E-state index in [-0.39, 0.29) is 19.1 Å². The number of nitrogens with two attached hydrogens (primary N) is 1. The van der Waals surface area contributed by atoms with Crippen LogP contribution in [-0.2, 0) is 9.53 Å². The summed E-state index contributed by atoms with van der Waals surface area (Å²) in [5.74, 6) is -0.268. The molecule has 4 atom stereocenters. The first-order valence-electron chi connectivity index (χ1n) is 4.51. The second-order valence-electron chi connectivity index (χ2n) is 3.40. The minimum Gasteiger partial charge on any atom is -0.388 e. The number of hydrogen-bond acceptors (Lipinski definition) is 5. The zero-order valence-electron chi connectivity index (χ0n) is 8.01. The third-order valence-electron chi connectivity index (χ3n) is 2.25. The molecule has 14 heavy (non-hydrogen) atoms. The Morgan fingerprint density at radius 1 is 1.57 bits per heavy atom. The van der Waals surface area contributed by atoms with E-state index in [1.807, 2.05) is 0 Å². The number of amides is 1. The van der Waals surface area contributed by atoms with Crippen LogP contribution in [0.5, 0.6) is 0 Å². The van der Waals surface area contributed by atoms with Gasteiger partial charge in [-0.05, 0) is 0 Å². The first-order chi connectivity index (χ1) is 6.56. The van der Waals surface area contributed by atoms with Gasteiger partial charge >= 0.3 is 0 Å². The monoisotopic (exact) mass is 204 g/mol. The highest BCUT2D eigenvalue weighted by atomic mass is 16.5. The Balaban J connectivity index is 2.54. The van der Waals surface area contributed by atoms with Crippen LogP contribution in [0.25, 0.3) is 0 Å². The molecular weight excluding hydrogens is 188 g/mol. The van der Waals surface area contributed by atoms with Gasteiger partial charge in [-0.2, -0.15) is 0 Å². The van der Waals surface area contributed by atoms with Gasteiger partial charge in [0.25, 0.3) is 0 Å². The molecule has 1 rings (SSSR count). The number of ether oxygens (including phenoxy) is 1. The van der Waals surface area contributed by atoms with E-state index in [4.69, 9.17) is 10.5 Å². The van der Waals surface area contributed by atoms with Gasteiger partial charge in [0.2, 0.25) is 5.91 Å². The smallest absolute Gasteiger partial charge is 0.217 e. The third-order valence-corrected chi connectivity index (χ3v) is 2.25. The van der Waals surface area contributed by atoms with Gasteiger partial charge in [-0.25, -0.2) is 0 Å². The summed E-state index contributed by atoms with van der Waals surface area (Å²) in [6.07, 6.45) is -2.64. The molecule has 0 aromatic heterocycles. The average molecular weight is 204 g/mol. The van der Waals surface area contributed by atoms with Crippen molar-refractivity contribution in [2.45, 2.75) is 31.3 Å². The van der Waals surface area contributed by atoms with Gasteiger partial charge in [-0.15, -0.1) is 0 Å². The molecular formula is C8H16N2O4. The molecule has 0 spiro atoms. The van der Waals surface area contributed by atoms with Crippen LogP contribution in [0.15, 0.2) is 0 Å². The summed E-state index contributed by atoms with van der Waals surface area (Å²) in [6.45, 7) is 1.65. The minimum atomic E-state index is -1.05. The standard InChI is InChI=1S/C8H16N2O4/c1-4(11)10-5-3-14-6(2-9)8(13)7(5)12/h5-8,12-13H,2-3,9H2,1H3,(H,10,11). The summed E-state index contributed by atoms with van der Waals surface area (Å²) in [4.78, 5) is 10.7. The van der Waals surface area contributed by atoms with Crippen molar-refractivity contribution in [3.8, 4) is 0 Å². The highest BCUT2D eigenvalue weighted by molar-refractivity contribution is 5.73. The van der Waals surface area contributed by atoms with Crippen molar-refractivity contribution in [2.24, 2.45) is 5.73 Å². The SMILES string of the molecule is CC(=O)NC1COC(CN)C(O)C1O. The van der Waals surface area contributed by atoms with E-state index in [2.05, 4.69) is 5.32 Å². The van der Waals surface area contributed by atoms with E-state index in [9.17, 15) is 15.0 Å². The fourth-order valence-corrected chi connectivity index (χ4v) is 1.48. The third kappa shape index (κ3) is 2.42. The maximum atomic E-state index is 10.7. The molecule has 82 valence electrons. The van der Waals surface area contributed by atoms with Crippen LogP contribution in [0, 0.1) is 0 Å². The van der Waals surface area contributed by atoms with Crippen molar-refractivity contribution >= 4 is 5.91 Å². The average Bonchev–Trinajstić information content (AvgIpc) is 2.13. The summed E-state index contributed by atoms with van der Waals surface area (Å²) in [5.41, 5.74) is 5.32. The van der Waals surface area contributed by atoms with Crippen LogP contribution < -0.4 is 11.1 Å². The quantitative estimate of drug-likeness (QED) is 0.400. The van der Waals surface area contributed by atoms with Crippen LogP contribution in [0.4, 0.5) is 0 Å². The van der Waals surface area contributed by atoms with Gasteiger partial charge in [0, 0.05) is 13.5 Å². The number of carbonyl (C=O) groups excluding carboxylic acids is 1. The molecule has 5 N–H and O–H groups in total. The molecule has 4 unspecified atom stereocenters. The van der Waals surface area contributed by atoms with Gasteiger partial charge in [-0.3, -0.25) is 4.79 Å². The predicted octanol–water partition coefficient (Wildman–Crippen LogP) is -2.43. The van der Waals surface area contributed by atoms with Crippen molar-refractivity contribution in [3.05, 3.63) is 0 Å². The molecule has 1 heterocycles. The maximum absolute atomic E-state index is 10.7. The fourth-order valence-electron chi connectivity index (χ4n) is 1.48. The second kappa shape index (κ2) is 4.70. The molecule has 6 nitrogen and oxygen atoms in total. The van der Waals surface area contributed by atoms with Gasteiger partial charge in [0.05, 0.1) is 18.8 Å². The highest BCUT2D eigenvalue weighted by Gasteiger charge is 2.37. The summed E-state index contributed by atoms with van der Waals surface area (Å²) in [5, 5.41) is 21.6. The number of rotatable bonds is 2. The Morgan fingerprint density at radius 2 is 2.21 bits per heavy atom. The molecule has 0 aromatic carbocycles. The summed E-state index contributed by atoms with van der Waals surface area (Å²) in [6, 6.07) is -0.565. The molecule has 0 aromatic rings. The number of nitrogens with one attached hydrogen (secondary N) is 1. The van der Waals surface area contributed by atoms with Crippen LogP contribution in [-0.4, -0.2) is 53.6 Å². The number of carbonyl (C=O) groups is 1. The first kappa shape index (κ1) is 11.4. The number of aliphatic hydroxyl groups excluding tert-OH is 2. The normalized spacial score (nSPS) is 38.0. The Morgan fingerprint density at radius 3 is 2.71 bits per heavy atom. The molecule has 0 saturated carbocycles. The molecule has 1 fully saturated rings. The van der Waals surface area contributed by atoms with Crippen LogP contribution in [0.1, 0.15) is 6.92 Å². The van der Waals surface area contributed by atoms with Crippen molar-refractivity contribution < 1.29 is 19.7 Å². The molecule has 0 aliphatic carbocycles. The molecule has 1 amide bonds. The minimum absolute atomic E-state index is 0.144. The van der Waals surface area contributed by atoms with Crippen LogP contribution >= 0.6 is 0 Å². The highest BCUT2D eigenvalue weighted by Crippen LogP contribution is 2.14. The van der Waals surface area contributed by atoms with E-state index in [0.29, 0.717) is 0 Å². The molecule has 6 heteroatoms. The molecule has 0 radical (unpaired) electrons. The van der Waals surface area contributed by atoms with Crippen LogP contribution in [0.2, 0.25) is 0 Å². The zero-order valence-corrected chi connectivity index (χ0v) is 8.01. The van der Waals surface area contributed by atoms with Crippen LogP contribution in [0.3, 0.4) is 0 Å². The van der Waals surface area contributed by atoms with E-state index in [1.54, 1.807) is 0 Å². The van der Waals surface area contributed by atoms with Crippen molar-refractivity contribution in [1.82, 2.24) is 5.32 Å². The predicted molar refractivity (Wildman–Crippen MR) is 48.4 cm³/mol. The number of aliphatic hydroxyl groups is 2. The second-order valence-corrected chi connectivity index (χ2v) is 3.40. The van der Waals surface area contributed by atoms with Crippen molar-refractivity contribution in [1.29, 1.82) is 0 Å². The Labute approximate surface area is 82.0 Å². The van der Waals surface area contributed by atoms with E-state index >= 15 is 0 Å². The van der Waals surface area contributed by atoms with Gasteiger partial charge in [-0.1, -0.05) is 0 Å². The lowest BCUT2D eigenvalue weighted by Gasteiger charge is -2.37. The Kier molecular flexibility index (Phi) is 3.82. The zero-order chi connectivity index (χ0) is 10.7. The largest absolute Gasteiger partial charge is 0.388 e. The first-order valence-corrected chi connectivity index (χ1v) is 4.51. The topological polar surface area (TPSA) is 105 Å².